The topological polar surface area (TPSA) is 53.1 Å². The molecule has 6 nitrogen and oxygen atoms in total. The molecule has 3 rings (SSSR count). The third-order valence-corrected chi connectivity index (χ3v) is 6.98. The van der Waals surface area contributed by atoms with E-state index in [-0.39, 0.29) is 17.1 Å². The minimum Gasteiger partial charge on any atom is -0.385 e. The second kappa shape index (κ2) is 9.26. The second-order valence-electron chi connectivity index (χ2n) is 8.67. The Balaban J connectivity index is 1.82. The summed E-state index contributed by atoms with van der Waals surface area (Å²) in [6.45, 7) is 2.61. The summed E-state index contributed by atoms with van der Waals surface area (Å²) in [5, 5.41) is 0. The molecule has 2 fully saturated rings. The molecule has 2 amide bonds. The Morgan fingerprint density at radius 2 is 1.79 bits per heavy atom. The smallest absolute Gasteiger partial charge is 0.320 e. The number of methoxy groups -OCH3 is 1. The Hall–Kier alpha value is -1.92. The van der Waals surface area contributed by atoms with E-state index in [1.165, 1.54) is 5.56 Å². The van der Waals surface area contributed by atoms with Crippen LogP contribution in [0.2, 0.25) is 0 Å². The van der Waals surface area contributed by atoms with Crippen LogP contribution in [0, 0.1) is 0 Å². The molecule has 29 heavy (non-hydrogen) atoms. The second-order valence-corrected chi connectivity index (χ2v) is 8.67. The van der Waals surface area contributed by atoms with Crippen molar-refractivity contribution in [3.63, 3.8) is 0 Å². The summed E-state index contributed by atoms with van der Waals surface area (Å²) in [7, 11) is 6.03. The number of amides is 2. The highest BCUT2D eigenvalue weighted by Gasteiger charge is 2.53. The molecule has 0 aromatic heterocycles. The molecule has 1 spiro atoms. The molecule has 1 aliphatic carbocycles. The molecule has 1 saturated heterocycles. The number of nitrogens with zero attached hydrogens (tertiary/aromatic N) is 3. The van der Waals surface area contributed by atoms with Gasteiger partial charge in [0.25, 0.3) is 0 Å². The monoisotopic (exact) mass is 401 g/mol. The van der Waals surface area contributed by atoms with Crippen molar-refractivity contribution < 1.29 is 14.3 Å². The van der Waals surface area contributed by atoms with Gasteiger partial charge >= 0.3 is 6.03 Å². The number of aldehydes is 1. The maximum Gasteiger partial charge on any atom is 0.320 e. The lowest BCUT2D eigenvalue weighted by Crippen LogP contribution is -2.55. The summed E-state index contributed by atoms with van der Waals surface area (Å²) in [5.74, 6) is 0. The summed E-state index contributed by atoms with van der Waals surface area (Å²) >= 11 is 0. The van der Waals surface area contributed by atoms with Crippen LogP contribution in [-0.4, -0.2) is 80.0 Å². The van der Waals surface area contributed by atoms with E-state index >= 15 is 0 Å². The molecule has 0 atom stereocenters. The number of hydrogen-bond acceptors (Lipinski definition) is 4. The molecule has 1 aromatic carbocycles. The van der Waals surface area contributed by atoms with E-state index in [0.29, 0.717) is 26.1 Å². The van der Waals surface area contributed by atoms with Crippen LogP contribution in [0.25, 0.3) is 0 Å². The van der Waals surface area contributed by atoms with E-state index in [9.17, 15) is 9.59 Å². The quantitative estimate of drug-likeness (QED) is 0.471. The molecule has 1 aliphatic heterocycles. The summed E-state index contributed by atoms with van der Waals surface area (Å²) in [5.41, 5.74) is 1.22. The molecule has 160 valence electrons. The predicted molar refractivity (Wildman–Crippen MR) is 114 cm³/mol. The van der Waals surface area contributed by atoms with Crippen molar-refractivity contribution >= 4 is 12.3 Å². The number of benzene rings is 1. The van der Waals surface area contributed by atoms with Gasteiger partial charge in [0.05, 0.1) is 5.54 Å². The van der Waals surface area contributed by atoms with Crippen LogP contribution in [0.3, 0.4) is 0 Å². The van der Waals surface area contributed by atoms with Crippen molar-refractivity contribution in [2.75, 3.05) is 47.4 Å². The van der Waals surface area contributed by atoms with Crippen LogP contribution in [0.1, 0.15) is 44.1 Å². The van der Waals surface area contributed by atoms with Crippen LogP contribution in [0.15, 0.2) is 30.3 Å². The molecule has 1 aromatic rings. The van der Waals surface area contributed by atoms with Gasteiger partial charge in [-0.3, -0.25) is 4.90 Å². The maximum atomic E-state index is 13.1. The lowest BCUT2D eigenvalue weighted by atomic mass is 9.68. The van der Waals surface area contributed by atoms with Crippen molar-refractivity contribution in [2.24, 2.45) is 0 Å². The first-order valence-corrected chi connectivity index (χ1v) is 10.7. The van der Waals surface area contributed by atoms with Crippen LogP contribution < -0.4 is 0 Å². The van der Waals surface area contributed by atoms with Crippen molar-refractivity contribution in [2.45, 2.75) is 49.6 Å². The van der Waals surface area contributed by atoms with E-state index in [4.69, 9.17) is 4.74 Å². The van der Waals surface area contributed by atoms with Crippen LogP contribution in [-0.2, 0) is 15.1 Å². The molecule has 1 heterocycles. The third-order valence-electron chi connectivity index (χ3n) is 6.98. The molecule has 1 saturated carbocycles. The number of carbonyl (C=O) groups is 2. The maximum absolute atomic E-state index is 13.1. The van der Waals surface area contributed by atoms with Gasteiger partial charge in [0.15, 0.2) is 0 Å². The summed E-state index contributed by atoms with van der Waals surface area (Å²) in [4.78, 5) is 30.3. The molecular formula is C23H35N3O3. The van der Waals surface area contributed by atoms with Gasteiger partial charge in [0.1, 0.15) is 6.29 Å². The largest absolute Gasteiger partial charge is 0.385 e. The van der Waals surface area contributed by atoms with Gasteiger partial charge in [-0.15, -0.1) is 0 Å². The average molecular weight is 402 g/mol. The Kier molecular flexibility index (Phi) is 6.96. The zero-order valence-electron chi connectivity index (χ0n) is 18.1. The minimum absolute atomic E-state index is 0.00394. The number of ether oxygens (including phenoxy) is 1. The highest BCUT2D eigenvalue weighted by atomic mass is 16.5. The first-order chi connectivity index (χ1) is 14.0. The zero-order valence-corrected chi connectivity index (χ0v) is 18.1. The Bertz CT molecular complexity index is 684. The van der Waals surface area contributed by atoms with Crippen molar-refractivity contribution in [3.8, 4) is 0 Å². The van der Waals surface area contributed by atoms with Crippen molar-refractivity contribution in [3.05, 3.63) is 35.9 Å². The predicted octanol–water partition coefficient (Wildman–Crippen LogP) is 3.12. The highest BCUT2D eigenvalue weighted by Crippen LogP contribution is 2.48. The first kappa shape index (κ1) is 21.8. The summed E-state index contributed by atoms with van der Waals surface area (Å²) in [6.07, 6.45) is 6.11. The van der Waals surface area contributed by atoms with Crippen LogP contribution >= 0.6 is 0 Å². The van der Waals surface area contributed by atoms with Crippen LogP contribution in [0.4, 0.5) is 4.79 Å². The fraction of sp³-hybridized carbons (Fsp3) is 0.652. The molecular weight excluding hydrogens is 366 g/mol. The highest BCUT2D eigenvalue weighted by molar-refractivity contribution is 5.78. The lowest BCUT2D eigenvalue weighted by molar-refractivity contribution is -0.108. The van der Waals surface area contributed by atoms with E-state index in [1.807, 2.05) is 4.90 Å². The van der Waals surface area contributed by atoms with Crippen LogP contribution in [0.5, 0.6) is 0 Å². The van der Waals surface area contributed by atoms with Crippen molar-refractivity contribution in [1.82, 2.24) is 14.7 Å². The fourth-order valence-corrected chi connectivity index (χ4v) is 5.26. The number of carbonyl (C=O) groups excluding carboxylic acids is 2. The first-order valence-electron chi connectivity index (χ1n) is 10.7. The molecule has 6 heteroatoms. The third kappa shape index (κ3) is 4.19. The van der Waals surface area contributed by atoms with Gasteiger partial charge in [0, 0.05) is 45.3 Å². The van der Waals surface area contributed by atoms with Gasteiger partial charge in [-0.2, -0.15) is 0 Å². The Morgan fingerprint density at radius 1 is 1.10 bits per heavy atom. The minimum atomic E-state index is -0.137. The SMILES string of the molecule is COCCCN1C(=O)N(CCC=O)C[C@]12CC[C@](c1ccccc1)(N(C)C)CC2. The zero-order chi connectivity index (χ0) is 20.9. The molecule has 0 N–H and O–H groups in total. The van der Waals surface area contributed by atoms with Gasteiger partial charge in [0.2, 0.25) is 0 Å². The van der Waals surface area contributed by atoms with E-state index in [2.05, 4.69) is 54.2 Å². The molecule has 0 radical (unpaired) electrons. The van der Waals surface area contributed by atoms with Crippen molar-refractivity contribution in [1.29, 1.82) is 0 Å². The number of rotatable bonds is 9. The average Bonchev–Trinajstić information content (AvgIpc) is 2.99. The number of hydrogen-bond donors (Lipinski definition) is 0. The normalized spacial score (nSPS) is 27.2. The Morgan fingerprint density at radius 3 is 2.38 bits per heavy atom. The molecule has 0 unspecified atom stereocenters. The molecule has 0 bridgehead atoms. The fourth-order valence-electron chi connectivity index (χ4n) is 5.26. The summed E-state index contributed by atoms with van der Waals surface area (Å²) < 4.78 is 5.22. The van der Waals surface area contributed by atoms with E-state index in [1.54, 1.807) is 7.11 Å². The van der Waals surface area contributed by atoms with Gasteiger partial charge in [-0.25, -0.2) is 4.79 Å². The van der Waals surface area contributed by atoms with Gasteiger partial charge in [-0.1, -0.05) is 30.3 Å². The van der Waals surface area contributed by atoms with Gasteiger partial charge in [-0.05, 0) is 51.8 Å². The number of urea groups is 1. The van der Waals surface area contributed by atoms with Gasteiger partial charge < -0.3 is 19.3 Å². The summed E-state index contributed by atoms with van der Waals surface area (Å²) in [6, 6.07) is 10.8. The Labute approximate surface area is 174 Å². The molecule has 2 aliphatic rings. The standard InChI is InChI=1S/C23H35N3O3/c1-24(2)23(20-9-5-4-6-10-20)13-11-22(12-14-23)19-25(15-7-17-27)21(28)26(22)16-8-18-29-3/h4-6,9-10,17H,7-8,11-16,18-19H2,1-3H3/t22-,23+. The van der Waals surface area contributed by atoms with E-state index in [0.717, 1.165) is 44.9 Å². The van der Waals surface area contributed by atoms with E-state index < -0.39 is 0 Å². The lowest BCUT2D eigenvalue weighted by Gasteiger charge is -2.51.